The predicted molar refractivity (Wildman–Crippen MR) is 79.1 cm³/mol. The van der Waals surface area contributed by atoms with Crippen molar-refractivity contribution in [3.05, 3.63) is 55.3 Å². The van der Waals surface area contributed by atoms with Gasteiger partial charge in [0.2, 0.25) is 0 Å². The summed E-state index contributed by atoms with van der Waals surface area (Å²) in [7, 11) is 2.02. The van der Waals surface area contributed by atoms with E-state index < -0.39 is 0 Å². The fraction of sp³-hybridized carbons (Fsp3) is 0.231. The summed E-state index contributed by atoms with van der Waals surface area (Å²) >= 11 is 4.18. The lowest BCUT2D eigenvalue weighted by Gasteiger charge is -2.16. The zero-order valence-electron chi connectivity index (χ0n) is 9.33. The molecule has 16 heavy (non-hydrogen) atoms. The maximum absolute atomic E-state index is 3.40. The van der Waals surface area contributed by atoms with Gasteiger partial charge in [0, 0.05) is 8.45 Å². The summed E-state index contributed by atoms with van der Waals surface area (Å²) in [5, 5.41) is 5.55. The highest BCUT2D eigenvalue weighted by Gasteiger charge is 2.15. The molecule has 1 aromatic heterocycles. The van der Waals surface area contributed by atoms with Crippen LogP contribution in [0.1, 0.15) is 22.0 Å². The number of hydrogen-bond acceptors (Lipinski definition) is 2. The molecule has 0 radical (unpaired) electrons. The van der Waals surface area contributed by atoms with Gasteiger partial charge in [0.15, 0.2) is 0 Å². The smallest absolute Gasteiger partial charge is 0.0671 e. The van der Waals surface area contributed by atoms with Gasteiger partial charge in [-0.2, -0.15) is 0 Å². The van der Waals surface area contributed by atoms with Crippen LogP contribution in [-0.2, 0) is 0 Å². The molecule has 1 aromatic carbocycles. The summed E-state index contributed by atoms with van der Waals surface area (Å²) in [5.41, 5.74) is 2.70. The van der Waals surface area contributed by atoms with Gasteiger partial charge in [0.1, 0.15) is 0 Å². The highest BCUT2D eigenvalue weighted by atomic mass is 127. The van der Waals surface area contributed by atoms with Crippen molar-refractivity contribution in [2.75, 3.05) is 7.05 Å². The van der Waals surface area contributed by atoms with Crippen molar-refractivity contribution in [3.63, 3.8) is 0 Å². The van der Waals surface area contributed by atoms with Crippen LogP contribution in [0.4, 0.5) is 0 Å². The maximum atomic E-state index is 3.40. The molecule has 0 saturated carbocycles. The van der Waals surface area contributed by atoms with Crippen LogP contribution in [0.15, 0.2) is 35.7 Å². The fourth-order valence-corrected chi connectivity index (χ4v) is 3.45. The molecule has 0 aliphatic rings. The van der Waals surface area contributed by atoms with E-state index in [9.17, 15) is 0 Å². The van der Waals surface area contributed by atoms with Gasteiger partial charge in [-0.3, -0.25) is 0 Å². The van der Waals surface area contributed by atoms with E-state index in [0.717, 1.165) is 0 Å². The minimum atomic E-state index is 0.315. The monoisotopic (exact) mass is 343 g/mol. The van der Waals surface area contributed by atoms with Crippen molar-refractivity contribution >= 4 is 33.9 Å². The minimum Gasteiger partial charge on any atom is -0.309 e. The van der Waals surface area contributed by atoms with E-state index >= 15 is 0 Å². The fourth-order valence-electron chi connectivity index (χ4n) is 1.82. The first-order chi connectivity index (χ1) is 7.72. The zero-order valence-corrected chi connectivity index (χ0v) is 12.3. The normalized spacial score (nSPS) is 12.7. The van der Waals surface area contributed by atoms with Crippen LogP contribution in [-0.4, -0.2) is 7.05 Å². The molecule has 2 rings (SSSR count). The lowest BCUT2D eigenvalue weighted by Crippen LogP contribution is -2.17. The first-order valence-electron chi connectivity index (χ1n) is 5.19. The standard InChI is InChI=1S/C13H14INS/c1-9-6-7-16-13(9)12(15-2)10-4-3-5-11(14)8-10/h3-8,12,15H,1-2H3. The van der Waals surface area contributed by atoms with Gasteiger partial charge in [-0.1, -0.05) is 12.1 Å². The van der Waals surface area contributed by atoms with Gasteiger partial charge in [0.05, 0.1) is 6.04 Å². The average Bonchev–Trinajstić information content (AvgIpc) is 2.67. The van der Waals surface area contributed by atoms with Crippen molar-refractivity contribution < 1.29 is 0 Å². The first-order valence-corrected chi connectivity index (χ1v) is 7.15. The van der Waals surface area contributed by atoms with Gasteiger partial charge in [-0.25, -0.2) is 0 Å². The van der Waals surface area contributed by atoms with E-state index in [1.807, 2.05) is 18.4 Å². The maximum Gasteiger partial charge on any atom is 0.0671 e. The van der Waals surface area contributed by atoms with Crippen LogP contribution >= 0.6 is 33.9 Å². The number of aryl methyl sites for hydroxylation is 1. The van der Waals surface area contributed by atoms with Crippen molar-refractivity contribution in [2.45, 2.75) is 13.0 Å². The third-order valence-corrected chi connectivity index (χ3v) is 4.39. The summed E-state index contributed by atoms with van der Waals surface area (Å²) < 4.78 is 1.28. The Hall–Kier alpha value is -0.390. The Morgan fingerprint density at radius 2 is 2.12 bits per heavy atom. The third-order valence-electron chi connectivity index (χ3n) is 2.63. The summed E-state index contributed by atoms with van der Waals surface area (Å²) in [6, 6.07) is 11.2. The zero-order chi connectivity index (χ0) is 11.5. The van der Waals surface area contributed by atoms with Crippen molar-refractivity contribution in [2.24, 2.45) is 0 Å². The van der Waals surface area contributed by atoms with Crippen LogP contribution in [0.5, 0.6) is 0 Å². The van der Waals surface area contributed by atoms with Gasteiger partial charge < -0.3 is 5.32 Å². The van der Waals surface area contributed by atoms with Crippen LogP contribution in [0, 0.1) is 10.5 Å². The SMILES string of the molecule is CNC(c1cccc(I)c1)c1sccc1C. The molecule has 1 heterocycles. The Kier molecular flexibility index (Phi) is 4.00. The summed E-state index contributed by atoms with van der Waals surface area (Å²) in [6.45, 7) is 2.17. The molecule has 0 saturated heterocycles. The van der Waals surface area contributed by atoms with Crippen LogP contribution in [0.3, 0.4) is 0 Å². The summed E-state index contributed by atoms with van der Waals surface area (Å²) in [5.74, 6) is 0. The number of thiophene rings is 1. The van der Waals surface area contributed by atoms with E-state index in [2.05, 4.69) is 70.5 Å². The molecule has 1 unspecified atom stereocenters. The molecule has 0 bridgehead atoms. The number of hydrogen-bond donors (Lipinski definition) is 1. The molecule has 84 valence electrons. The van der Waals surface area contributed by atoms with E-state index in [0.29, 0.717) is 6.04 Å². The summed E-state index contributed by atoms with van der Waals surface area (Å²) in [6.07, 6.45) is 0. The van der Waals surface area contributed by atoms with E-state index in [1.165, 1.54) is 19.6 Å². The molecule has 0 spiro atoms. The van der Waals surface area contributed by atoms with Gasteiger partial charge in [-0.15, -0.1) is 11.3 Å². The van der Waals surface area contributed by atoms with E-state index in [-0.39, 0.29) is 0 Å². The Balaban J connectivity index is 2.40. The Morgan fingerprint density at radius 3 is 2.69 bits per heavy atom. The number of nitrogens with one attached hydrogen (secondary N) is 1. The summed E-state index contributed by atoms with van der Waals surface area (Å²) in [4.78, 5) is 1.41. The second-order valence-electron chi connectivity index (χ2n) is 3.74. The molecule has 1 nitrogen and oxygen atoms in total. The highest BCUT2D eigenvalue weighted by Crippen LogP contribution is 2.29. The molecular formula is C13H14INS. The van der Waals surface area contributed by atoms with E-state index in [1.54, 1.807) is 0 Å². The Bertz CT molecular complexity index is 478. The Morgan fingerprint density at radius 1 is 1.31 bits per heavy atom. The molecule has 0 fully saturated rings. The minimum absolute atomic E-state index is 0.315. The second kappa shape index (κ2) is 5.29. The molecule has 3 heteroatoms. The number of halogens is 1. The predicted octanol–water partition coefficient (Wildman–Crippen LogP) is 3.97. The van der Waals surface area contributed by atoms with Crippen LogP contribution in [0.25, 0.3) is 0 Å². The lowest BCUT2D eigenvalue weighted by atomic mass is 10.0. The topological polar surface area (TPSA) is 12.0 Å². The largest absolute Gasteiger partial charge is 0.309 e. The number of rotatable bonds is 3. The van der Waals surface area contributed by atoms with Gasteiger partial charge >= 0.3 is 0 Å². The Labute approximate surface area is 114 Å². The van der Waals surface area contributed by atoms with Gasteiger partial charge in [0.25, 0.3) is 0 Å². The van der Waals surface area contributed by atoms with Crippen molar-refractivity contribution in [3.8, 4) is 0 Å². The van der Waals surface area contributed by atoms with Crippen LogP contribution < -0.4 is 5.32 Å². The average molecular weight is 343 g/mol. The van der Waals surface area contributed by atoms with Crippen LogP contribution in [0.2, 0.25) is 0 Å². The molecule has 1 N–H and O–H groups in total. The molecular weight excluding hydrogens is 329 g/mol. The van der Waals surface area contributed by atoms with Gasteiger partial charge in [-0.05, 0) is 71.3 Å². The van der Waals surface area contributed by atoms with Crippen molar-refractivity contribution in [1.82, 2.24) is 5.32 Å². The third kappa shape index (κ3) is 2.47. The highest BCUT2D eigenvalue weighted by molar-refractivity contribution is 14.1. The number of benzene rings is 1. The van der Waals surface area contributed by atoms with E-state index in [4.69, 9.17) is 0 Å². The molecule has 0 aliphatic carbocycles. The second-order valence-corrected chi connectivity index (χ2v) is 5.94. The van der Waals surface area contributed by atoms with Crippen molar-refractivity contribution in [1.29, 1.82) is 0 Å². The molecule has 0 aliphatic heterocycles. The molecule has 0 amide bonds. The molecule has 2 aromatic rings. The first kappa shape index (κ1) is 12.1. The quantitative estimate of drug-likeness (QED) is 0.832. The molecule has 1 atom stereocenters. The lowest BCUT2D eigenvalue weighted by molar-refractivity contribution is 0.700.